The van der Waals surface area contributed by atoms with E-state index < -0.39 is 34.8 Å². The molecule has 1 aliphatic carbocycles. The van der Waals surface area contributed by atoms with Gasteiger partial charge in [0.2, 0.25) is 5.95 Å². The van der Waals surface area contributed by atoms with Crippen molar-refractivity contribution in [1.82, 2.24) is 15.0 Å². The van der Waals surface area contributed by atoms with Gasteiger partial charge in [-0.05, 0) is 48.4 Å². The minimum absolute atomic E-state index is 0.177. The first kappa shape index (κ1) is 24.1. The molecular formula is C23H23F3N4O3S. The first-order valence-corrected chi connectivity index (χ1v) is 11.4. The van der Waals surface area contributed by atoms with E-state index in [1.807, 2.05) is 19.9 Å². The van der Waals surface area contributed by atoms with Gasteiger partial charge in [-0.2, -0.15) is 13.2 Å². The number of rotatable bonds is 5. The second kappa shape index (κ2) is 8.62. The van der Waals surface area contributed by atoms with Crippen molar-refractivity contribution in [3.63, 3.8) is 0 Å². The van der Waals surface area contributed by atoms with Gasteiger partial charge in [-0.3, -0.25) is 4.79 Å². The third-order valence-corrected chi connectivity index (χ3v) is 7.33. The topological polar surface area (TPSA) is 108 Å². The zero-order valence-corrected chi connectivity index (χ0v) is 19.2. The molecule has 11 heteroatoms. The van der Waals surface area contributed by atoms with E-state index in [0.29, 0.717) is 23.5 Å². The van der Waals surface area contributed by atoms with Crippen LogP contribution in [0.1, 0.15) is 43.8 Å². The number of nitrogens with one attached hydrogen (secondary N) is 1. The molecule has 1 aliphatic rings. The highest BCUT2D eigenvalue weighted by Gasteiger charge is 2.49. The van der Waals surface area contributed by atoms with Crippen LogP contribution in [0.5, 0.6) is 0 Å². The smallest absolute Gasteiger partial charge is 0.433 e. The Morgan fingerprint density at radius 3 is 2.68 bits per heavy atom. The van der Waals surface area contributed by atoms with Crippen LogP contribution in [0.4, 0.5) is 24.8 Å². The van der Waals surface area contributed by atoms with Crippen LogP contribution in [0.3, 0.4) is 0 Å². The molecule has 2 heterocycles. The van der Waals surface area contributed by atoms with E-state index >= 15 is 0 Å². The standard InChI is InChI=1S/C23H23F3N4O3S/c1-21(2)12-22(33,8-6-15(21)18(31)32)19-28-11-16(34-19)13-4-3-5-14(10-13)29-20-27-9-7-17(30-20)23(24,25)26/h3-5,7,9-11,15,33H,6,8,12H2,1-2H3,(H,31,32)(H,27,29,30)/t15-,22-/m0/s1. The summed E-state index contributed by atoms with van der Waals surface area (Å²) in [6.45, 7) is 3.69. The van der Waals surface area contributed by atoms with Crippen molar-refractivity contribution in [3.05, 3.63) is 53.4 Å². The highest BCUT2D eigenvalue weighted by Crippen LogP contribution is 2.50. The van der Waals surface area contributed by atoms with Crippen molar-refractivity contribution in [3.8, 4) is 10.4 Å². The first-order valence-electron chi connectivity index (χ1n) is 10.6. The quantitative estimate of drug-likeness (QED) is 0.434. The van der Waals surface area contributed by atoms with Crippen LogP contribution in [0.25, 0.3) is 10.4 Å². The lowest BCUT2D eigenvalue weighted by molar-refractivity contribution is -0.154. The van der Waals surface area contributed by atoms with E-state index in [2.05, 4.69) is 20.3 Å². The number of aliphatic carboxylic acids is 1. The Morgan fingerprint density at radius 2 is 2.00 bits per heavy atom. The second-order valence-corrected chi connectivity index (χ2v) is 10.2. The molecule has 0 aliphatic heterocycles. The van der Waals surface area contributed by atoms with Crippen molar-refractivity contribution in [2.75, 3.05) is 5.32 Å². The number of benzene rings is 1. The van der Waals surface area contributed by atoms with Crippen LogP contribution >= 0.6 is 11.3 Å². The Bertz CT molecular complexity index is 1210. The Morgan fingerprint density at radius 1 is 1.24 bits per heavy atom. The molecule has 3 aromatic rings. The molecule has 180 valence electrons. The number of hydrogen-bond donors (Lipinski definition) is 3. The summed E-state index contributed by atoms with van der Waals surface area (Å²) in [5.74, 6) is -1.57. The van der Waals surface area contributed by atoms with E-state index in [4.69, 9.17) is 0 Å². The summed E-state index contributed by atoms with van der Waals surface area (Å²) in [6.07, 6.45) is -0.969. The van der Waals surface area contributed by atoms with Gasteiger partial charge in [0.1, 0.15) is 16.3 Å². The molecular weight excluding hydrogens is 469 g/mol. The van der Waals surface area contributed by atoms with Gasteiger partial charge in [-0.25, -0.2) is 15.0 Å². The molecule has 0 amide bonds. The SMILES string of the molecule is CC1(C)C[C@](O)(c2ncc(-c3cccc(Nc4nccc(C(F)(F)F)n4)c3)s2)CC[C@H]1C(=O)O. The van der Waals surface area contributed by atoms with E-state index in [1.165, 1.54) is 11.3 Å². The molecule has 0 saturated heterocycles. The predicted molar refractivity (Wildman–Crippen MR) is 121 cm³/mol. The average Bonchev–Trinajstić information content (AvgIpc) is 3.24. The highest BCUT2D eigenvalue weighted by molar-refractivity contribution is 7.15. The first-order chi connectivity index (χ1) is 15.9. The fraction of sp³-hybridized carbons (Fsp3) is 0.391. The maximum absolute atomic E-state index is 12.9. The van der Waals surface area contributed by atoms with E-state index in [9.17, 15) is 28.2 Å². The lowest BCUT2D eigenvalue weighted by Gasteiger charge is -2.44. The van der Waals surface area contributed by atoms with Crippen LogP contribution < -0.4 is 5.32 Å². The molecule has 0 spiro atoms. The molecule has 34 heavy (non-hydrogen) atoms. The summed E-state index contributed by atoms with van der Waals surface area (Å²) in [5, 5.41) is 24.1. The Labute approximate surface area is 197 Å². The Hall–Kier alpha value is -3.05. The van der Waals surface area contributed by atoms with Crippen molar-refractivity contribution < 1.29 is 28.2 Å². The summed E-state index contributed by atoms with van der Waals surface area (Å²) >= 11 is 1.31. The number of carboxylic acid groups (broad SMARTS) is 1. The van der Waals surface area contributed by atoms with Gasteiger partial charge in [-0.15, -0.1) is 11.3 Å². The number of anilines is 2. The largest absolute Gasteiger partial charge is 0.481 e. The summed E-state index contributed by atoms with van der Waals surface area (Å²) < 4.78 is 38.7. The normalized spacial score (nSPS) is 22.4. The molecule has 0 bridgehead atoms. The minimum Gasteiger partial charge on any atom is -0.481 e. The summed E-state index contributed by atoms with van der Waals surface area (Å²) in [7, 11) is 0. The predicted octanol–water partition coefficient (Wildman–Crippen LogP) is 5.46. The third kappa shape index (κ3) is 4.90. The summed E-state index contributed by atoms with van der Waals surface area (Å²) in [4.78, 5) is 24.1. The van der Waals surface area contributed by atoms with Crippen molar-refractivity contribution in [2.24, 2.45) is 11.3 Å². The molecule has 2 atom stereocenters. The van der Waals surface area contributed by atoms with Gasteiger partial charge in [0.05, 0.1) is 10.8 Å². The van der Waals surface area contributed by atoms with Gasteiger partial charge in [-0.1, -0.05) is 26.0 Å². The maximum Gasteiger partial charge on any atom is 0.433 e. The van der Waals surface area contributed by atoms with Gasteiger partial charge < -0.3 is 15.5 Å². The number of thiazole rings is 1. The van der Waals surface area contributed by atoms with Gasteiger partial charge in [0.15, 0.2) is 0 Å². The molecule has 3 N–H and O–H groups in total. The fourth-order valence-electron chi connectivity index (χ4n) is 4.46. The monoisotopic (exact) mass is 492 g/mol. The van der Waals surface area contributed by atoms with E-state index in [-0.39, 0.29) is 12.4 Å². The highest BCUT2D eigenvalue weighted by atomic mass is 32.1. The lowest BCUT2D eigenvalue weighted by Crippen LogP contribution is -2.44. The van der Waals surface area contributed by atoms with Gasteiger partial charge >= 0.3 is 12.1 Å². The summed E-state index contributed by atoms with van der Waals surface area (Å²) in [6, 6.07) is 7.77. The lowest BCUT2D eigenvalue weighted by atomic mass is 9.63. The average molecular weight is 493 g/mol. The Kier molecular flexibility index (Phi) is 6.11. The zero-order chi connectivity index (χ0) is 24.7. The fourth-order valence-corrected chi connectivity index (χ4v) is 5.49. The number of hydrogen-bond acceptors (Lipinski definition) is 7. The second-order valence-electron chi connectivity index (χ2n) is 9.13. The van der Waals surface area contributed by atoms with Crippen molar-refractivity contribution >= 4 is 28.9 Å². The third-order valence-electron chi connectivity index (χ3n) is 6.09. The molecule has 1 aromatic carbocycles. The van der Waals surface area contributed by atoms with Crippen LogP contribution in [-0.4, -0.2) is 31.1 Å². The molecule has 4 rings (SSSR count). The number of alkyl halides is 3. The number of aromatic nitrogens is 3. The minimum atomic E-state index is -4.57. The van der Waals surface area contributed by atoms with Crippen molar-refractivity contribution in [1.29, 1.82) is 0 Å². The van der Waals surface area contributed by atoms with Crippen LogP contribution in [-0.2, 0) is 16.6 Å². The van der Waals surface area contributed by atoms with E-state index in [0.717, 1.165) is 22.7 Å². The zero-order valence-electron chi connectivity index (χ0n) is 18.4. The molecule has 1 fully saturated rings. The maximum atomic E-state index is 12.9. The molecule has 0 unspecified atom stereocenters. The van der Waals surface area contributed by atoms with Gasteiger partial charge in [0.25, 0.3) is 0 Å². The molecule has 7 nitrogen and oxygen atoms in total. The van der Waals surface area contributed by atoms with Crippen LogP contribution in [0, 0.1) is 11.3 Å². The van der Waals surface area contributed by atoms with Crippen molar-refractivity contribution in [2.45, 2.75) is 44.9 Å². The number of halogens is 3. The van der Waals surface area contributed by atoms with Crippen LogP contribution in [0.15, 0.2) is 42.7 Å². The molecule has 1 saturated carbocycles. The molecule has 0 radical (unpaired) electrons. The van der Waals surface area contributed by atoms with E-state index in [1.54, 1.807) is 24.4 Å². The Balaban J connectivity index is 1.55. The molecule has 2 aromatic heterocycles. The number of aliphatic hydroxyl groups is 1. The number of nitrogens with zero attached hydrogens (tertiary/aromatic N) is 3. The summed E-state index contributed by atoms with van der Waals surface area (Å²) in [5.41, 5.74) is -1.61. The number of carbonyl (C=O) groups is 1. The van der Waals surface area contributed by atoms with Crippen LogP contribution in [0.2, 0.25) is 0 Å². The number of carboxylic acids is 1. The van der Waals surface area contributed by atoms with Gasteiger partial charge in [0, 0.05) is 18.1 Å².